The third-order valence-electron chi connectivity index (χ3n) is 10.4. The maximum absolute atomic E-state index is 12.7. The van der Waals surface area contributed by atoms with Gasteiger partial charge in [-0.1, -0.05) is 191 Å². The van der Waals surface area contributed by atoms with E-state index in [1.54, 1.807) is 0 Å². The van der Waals surface area contributed by atoms with Crippen LogP contribution in [0.3, 0.4) is 0 Å². The highest BCUT2D eigenvalue weighted by Crippen LogP contribution is 2.38. The number of nitrogens with zero attached hydrogens (tertiary/aromatic N) is 1. The predicted octanol–water partition coefficient (Wildman–Crippen LogP) is 13.6. The molecule has 0 aliphatic heterocycles. The lowest BCUT2D eigenvalue weighted by atomic mass is 10.0. The van der Waals surface area contributed by atoms with Crippen molar-refractivity contribution < 1.29 is 42.1 Å². The number of allylic oxidation sites excluding steroid dienone is 8. The van der Waals surface area contributed by atoms with E-state index >= 15 is 0 Å². The molecule has 0 aliphatic rings. The number of ether oxygens (including phenoxy) is 2. The van der Waals surface area contributed by atoms with E-state index in [9.17, 15) is 19.0 Å². The van der Waals surface area contributed by atoms with Gasteiger partial charge in [0, 0.05) is 12.8 Å². The second kappa shape index (κ2) is 42.3. The van der Waals surface area contributed by atoms with Gasteiger partial charge in [-0.2, -0.15) is 0 Å². The molecule has 0 radical (unpaired) electrons. The van der Waals surface area contributed by atoms with Crippen LogP contribution in [0.25, 0.3) is 0 Å². The lowest BCUT2D eigenvalue weighted by Crippen LogP contribution is -2.37. The average Bonchev–Trinajstić information content (AvgIpc) is 3.20. The lowest BCUT2D eigenvalue weighted by Gasteiger charge is -2.28. The Hall–Kier alpha value is -2.03. The first-order valence-corrected chi connectivity index (χ1v) is 25.8. The molecule has 60 heavy (non-hydrogen) atoms. The van der Waals surface area contributed by atoms with E-state index in [1.165, 1.54) is 128 Å². The molecule has 350 valence electrons. The highest BCUT2D eigenvalue weighted by atomic mass is 31.2. The number of phosphoric acid groups is 1. The summed E-state index contributed by atoms with van der Waals surface area (Å²) in [6, 6.07) is 0. The van der Waals surface area contributed by atoms with Crippen LogP contribution in [-0.2, 0) is 32.7 Å². The first-order chi connectivity index (χ1) is 29.0. The molecule has 10 heteroatoms. The van der Waals surface area contributed by atoms with Crippen molar-refractivity contribution in [3.05, 3.63) is 48.6 Å². The van der Waals surface area contributed by atoms with Gasteiger partial charge >= 0.3 is 11.9 Å². The lowest BCUT2D eigenvalue weighted by molar-refractivity contribution is -0.870. The summed E-state index contributed by atoms with van der Waals surface area (Å²) in [7, 11) is 1.13. The SMILES string of the molecule is CCCCC/C=C\C/C=C\C/C=C\C/C=C\CCCC(=O)O[C@H](COC(=O)CCCCCCCCCCCCCCCCCCCCC)COP(=O)([O-])OCC[N+](C)(C)C. The molecule has 0 saturated heterocycles. The number of carbonyl (C=O) groups excluding carboxylic acids is 2. The zero-order chi connectivity index (χ0) is 44.3. The minimum Gasteiger partial charge on any atom is -0.756 e. The highest BCUT2D eigenvalue weighted by molar-refractivity contribution is 7.45. The molecule has 0 aromatic rings. The van der Waals surface area contributed by atoms with Crippen molar-refractivity contribution in [1.29, 1.82) is 0 Å². The first-order valence-electron chi connectivity index (χ1n) is 24.3. The fourth-order valence-corrected chi connectivity index (χ4v) is 7.26. The summed E-state index contributed by atoms with van der Waals surface area (Å²) in [5, 5.41) is 0. The van der Waals surface area contributed by atoms with Crippen molar-refractivity contribution in [3.8, 4) is 0 Å². The van der Waals surface area contributed by atoms with Crippen molar-refractivity contribution in [3.63, 3.8) is 0 Å². The molecule has 0 amide bonds. The Morgan fingerprint density at radius 3 is 1.38 bits per heavy atom. The summed E-state index contributed by atoms with van der Waals surface area (Å²) >= 11 is 0. The normalized spacial score (nSPS) is 13.9. The summed E-state index contributed by atoms with van der Waals surface area (Å²) in [5.74, 6) is -0.894. The minimum absolute atomic E-state index is 0.0410. The number of unbranched alkanes of at least 4 members (excludes halogenated alkanes) is 22. The number of hydrogen-bond donors (Lipinski definition) is 0. The van der Waals surface area contributed by atoms with Crippen molar-refractivity contribution in [2.75, 3.05) is 47.5 Å². The van der Waals surface area contributed by atoms with Crippen LogP contribution in [0.4, 0.5) is 0 Å². The zero-order valence-electron chi connectivity index (χ0n) is 39.4. The van der Waals surface area contributed by atoms with Crippen molar-refractivity contribution in [2.45, 2.75) is 213 Å². The predicted molar refractivity (Wildman–Crippen MR) is 250 cm³/mol. The van der Waals surface area contributed by atoms with E-state index < -0.39 is 32.5 Å². The fraction of sp³-hybridized carbons (Fsp3) is 0.800. The molecule has 9 nitrogen and oxygen atoms in total. The maximum atomic E-state index is 12.7. The monoisotopic (exact) mass is 866 g/mol. The standard InChI is InChI=1S/C50H92NO8P/c1-6-8-10-12-14-16-18-20-22-24-25-27-28-30-32-34-36-38-40-42-49(52)56-46-48(47-58-60(54,55)57-45-44-51(3,4)5)59-50(53)43-41-39-37-35-33-31-29-26-23-21-19-17-15-13-11-9-7-2/h15,17,21,23,29,31,35,37,48H,6-14,16,18-20,22,24-28,30,32-34,36,38-47H2,1-5H3/b17-15-,23-21-,31-29-,37-35-/t48-/m1/s1. The topological polar surface area (TPSA) is 111 Å². The van der Waals surface area contributed by atoms with E-state index in [0.29, 0.717) is 23.9 Å². The molecular weight excluding hydrogens is 774 g/mol. The summed E-state index contributed by atoms with van der Waals surface area (Å²) in [5.41, 5.74) is 0. The van der Waals surface area contributed by atoms with Gasteiger partial charge in [0.25, 0.3) is 7.82 Å². The molecule has 0 saturated carbocycles. The van der Waals surface area contributed by atoms with Gasteiger partial charge in [0.1, 0.15) is 19.8 Å². The van der Waals surface area contributed by atoms with Crippen molar-refractivity contribution in [1.82, 2.24) is 0 Å². The molecule has 0 heterocycles. The van der Waals surface area contributed by atoms with Gasteiger partial charge in [0.05, 0.1) is 27.7 Å². The number of phosphoric ester groups is 1. The van der Waals surface area contributed by atoms with Crippen molar-refractivity contribution in [2.24, 2.45) is 0 Å². The largest absolute Gasteiger partial charge is 0.756 e. The van der Waals surface area contributed by atoms with E-state index in [4.69, 9.17) is 18.5 Å². The van der Waals surface area contributed by atoms with Crippen LogP contribution >= 0.6 is 7.82 Å². The Balaban J connectivity index is 4.35. The zero-order valence-corrected chi connectivity index (χ0v) is 40.3. The highest BCUT2D eigenvalue weighted by Gasteiger charge is 2.21. The van der Waals surface area contributed by atoms with E-state index in [0.717, 1.165) is 38.5 Å². The molecule has 0 rings (SSSR count). The number of likely N-dealkylation sites (N-methyl/N-ethyl adjacent to an activating group) is 1. The second-order valence-electron chi connectivity index (χ2n) is 17.5. The van der Waals surface area contributed by atoms with Gasteiger partial charge in [-0.3, -0.25) is 14.2 Å². The van der Waals surface area contributed by atoms with E-state index in [2.05, 4.69) is 56.4 Å². The number of carbonyl (C=O) groups is 2. The van der Waals surface area contributed by atoms with Crippen LogP contribution in [0.15, 0.2) is 48.6 Å². The Morgan fingerprint density at radius 2 is 0.917 bits per heavy atom. The number of hydrogen-bond acceptors (Lipinski definition) is 8. The van der Waals surface area contributed by atoms with Gasteiger partial charge in [-0.15, -0.1) is 0 Å². The maximum Gasteiger partial charge on any atom is 0.306 e. The molecule has 0 N–H and O–H groups in total. The van der Waals surface area contributed by atoms with Gasteiger partial charge < -0.3 is 27.9 Å². The Bertz CT molecular complexity index is 1160. The van der Waals surface area contributed by atoms with E-state index in [1.807, 2.05) is 27.2 Å². The Morgan fingerprint density at radius 1 is 0.517 bits per heavy atom. The second-order valence-corrected chi connectivity index (χ2v) is 18.9. The van der Waals surface area contributed by atoms with Crippen LogP contribution < -0.4 is 4.89 Å². The van der Waals surface area contributed by atoms with Crippen LogP contribution in [0.1, 0.15) is 206 Å². The molecule has 0 aromatic heterocycles. The number of esters is 2. The average molecular weight is 866 g/mol. The smallest absolute Gasteiger partial charge is 0.306 e. The van der Waals surface area contributed by atoms with Crippen LogP contribution in [0.2, 0.25) is 0 Å². The molecule has 0 aromatic carbocycles. The van der Waals surface area contributed by atoms with Gasteiger partial charge in [-0.25, -0.2) is 0 Å². The van der Waals surface area contributed by atoms with Crippen molar-refractivity contribution >= 4 is 19.8 Å². The van der Waals surface area contributed by atoms with Gasteiger partial charge in [0.2, 0.25) is 0 Å². The van der Waals surface area contributed by atoms with Crippen LogP contribution in [0, 0.1) is 0 Å². The molecule has 0 fully saturated rings. The van der Waals surface area contributed by atoms with E-state index in [-0.39, 0.29) is 26.1 Å². The molecule has 0 spiro atoms. The third kappa shape index (κ3) is 45.5. The molecule has 2 atom stereocenters. The Labute approximate surface area is 369 Å². The molecule has 1 unspecified atom stereocenters. The fourth-order valence-electron chi connectivity index (χ4n) is 6.53. The van der Waals surface area contributed by atoms with Gasteiger partial charge in [0.15, 0.2) is 6.10 Å². The molecular formula is C50H92NO8P. The quantitative estimate of drug-likeness (QED) is 0.0196. The minimum atomic E-state index is -4.64. The summed E-state index contributed by atoms with van der Waals surface area (Å²) < 4.78 is 33.9. The first kappa shape index (κ1) is 58.0. The van der Waals surface area contributed by atoms with Crippen LogP contribution in [-0.4, -0.2) is 70.0 Å². The summed E-state index contributed by atoms with van der Waals surface area (Å²) in [4.78, 5) is 37.6. The summed E-state index contributed by atoms with van der Waals surface area (Å²) in [6.07, 6.45) is 50.0. The molecule has 0 aliphatic carbocycles. The summed E-state index contributed by atoms with van der Waals surface area (Å²) in [6.45, 7) is 4.16. The molecule has 0 bridgehead atoms. The Kier molecular flexibility index (Phi) is 40.8. The van der Waals surface area contributed by atoms with Crippen LogP contribution in [0.5, 0.6) is 0 Å². The number of rotatable bonds is 44. The number of quaternary nitrogens is 1. The third-order valence-corrected chi connectivity index (χ3v) is 11.3. The van der Waals surface area contributed by atoms with Gasteiger partial charge in [-0.05, 0) is 51.4 Å².